The van der Waals surface area contributed by atoms with Crippen LogP contribution in [-0.4, -0.2) is 9.78 Å². The van der Waals surface area contributed by atoms with Crippen molar-refractivity contribution < 1.29 is 0 Å². The number of aromatic nitrogens is 2. The van der Waals surface area contributed by atoms with Crippen LogP contribution in [0.4, 0.5) is 0 Å². The molecule has 0 bridgehead atoms. The van der Waals surface area contributed by atoms with Crippen molar-refractivity contribution in [1.29, 1.82) is 5.26 Å². The molecule has 0 aliphatic rings. The van der Waals surface area contributed by atoms with Gasteiger partial charge in [-0.1, -0.05) is 13.0 Å². The number of rotatable bonds is 2. The summed E-state index contributed by atoms with van der Waals surface area (Å²) >= 11 is 0. The first-order valence-electron chi connectivity index (χ1n) is 5.71. The van der Waals surface area contributed by atoms with E-state index in [2.05, 4.69) is 43.2 Å². The number of nitriles is 1. The fourth-order valence-electron chi connectivity index (χ4n) is 2.10. The van der Waals surface area contributed by atoms with E-state index in [1.54, 1.807) is 6.20 Å². The molecular formula is C14H15N3. The predicted molar refractivity (Wildman–Crippen MR) is 67.1 cm³/mol. The Hall–Kier alpha value is -2.08. The molecule has 1 aromatic carbocycles. The molecule has 0 N–H and O–H groups in total. The third-order valence-electron chi connectivity index (χ3n) is 2.78. The van der Waals surface area contributed by atoms with Crippen LogP contribution in [0.25, 0.3) is 5.69 Å². The van der Waals surface area contributed by atoms with Gasteiger partial charge in [0.2, 0.25) is 0 Å². The van der Waals surface area contributed by atoms with E-state index in [0.29, 0.717) is 5.56 Å². The third-order valence-corrected chi connectivity index (χ3v) is 2.78. The number of hydrogen-bond acceptors (Lipinski definition) is 2. The zero-order chi connectivity index (χ0) is 12.4. The van der Waals surface area contributed by atoms with Crippen LogP contribution in [0.1, 0.15) is 29.3 Å². The molecule has 0 aliphatic carbocycles. The van der Waals surface area contributed by atoms with Crippen molar-refractivity contribution in [1.82, 2.24) is 9.78 Å². The summed E-state index contributed by atoms with van der Waals surface area (Å²) in [5, 5.41) is 13.3. The van der Waals surface area contributed by atoms with Gasteiger partial charge in [0, 0.05) is 0 Å². The van der Waals surface area contributed by atoms with Crippen LogP contribution in [0.3, 0.4) is 0 Å². The molecule has 0 amide bonds. The summed E-state index contributed by atoms with van der Waals surface area (Å²) < 4.78 is 1.86. The molecule has 0 radical (unpaired) electrons. The molecule has 0 unspecified atom stereocenters. The van der Waals surface area contributed by atoms with Gasteiger partial charge in [-0.3, -0.25) is 0 Å². The first-order valence-corrected chi connectivity index (χ1v) is 5.71. The van der Waals surface area contributed by atoms with Crippen molar-refractivity contribution in [3.05, 3.63) is 46.8 Å². The van der Waals surface area contributed by atoms with Crippen molar-refractivity contribution in [2.24, 2.45) is 0 Å². The highest BCUT2D eigenvalue weighted by Gasteiger charge is 2.10. The van der Waals surface area contributed by atoms with Crippen LogP contribution in [-0.2, 0) is 6.42 Å². The average molecular weight is 225 g/mol. The van der Waals surface area contributed by atoms with E-state index in [-0.39, 0.29) is 0 Å². The minimum Gasteiger partial charge on any atom is -0.236 e. The Morgan fingerprint density at radius 3 is 2.41 bits per heavy atom. The second kappa shape index (κ2) is 4.42. The van der Waals surface area contributed by atoms with Gasteiger partial charge in [-0.2, -0.15) is 10.4 Å². The zero-order valence-electron chi connectivity index (χ0n) is 10.4. The third kappa shape index (κ3) is 2.07. The van der Waals surface area contributed by atoms with Gasteiger partial charge in [-0.15, -0.1) is 0 Å². The van der Waals surface area contributed by atoms with Crippen LogP contribution in [0.5, 0.6) is 0 Å². The lowest BCUT2D eigenvalue weighted by Crippen LogP contribution is -2.02. The fourth-order valence-corrected chi connectivity index (χ4v) is 2.10. The number of hydrogen-bond donors (Lipinski definition) is 0. The monoisotopic (exact) mass is 225 g/mol. The summed E-state index contributed by atoms with van der Waals surface area (Å²) in [6.07, 6.45) is 2.44. The largest absolute Gasteiger partial charge is 0.236 e. The minimum absolute atomic E-state index is 0.659. The van der Waals surface area contributed by atoms with Crippen molar-refractivity contribution in [2.45, 2.75) is 27.2 Å². The second-order valence-electron chi connectivity index (χ2n) is 4.23. The smallest absolute Gasteiger partial charge is 0.103 e. The van der Waals surface area contributed by atoms with Crippen LogP contribution >= 0.6 is 0 Å². The van der Waals surface area contributed by atoms with E-state index >= 15 is 0 Å². The predicted octanol–water partition coefficient (Wildman–Crippen LogP) is 2.92. The van der Waals surface area contributed by atoms with E-state index in [4.69, 9.17) is 5.26 Å². The van der Waals surface area contributed by atoms with Crippen LogP contribution in [0.2, 0.25) is 0 Å². The molecule has 0 aliphatic heterocycles. The highest BCUT2D eigenvalue weighted by atomic mass is 15.3. The fraction of sp³-hybridized carbons (Fsp3) is 0.286. The van der Waals surface area contributed by atoms with Gasteiger partial charge in [-0.25, -0.2) is 4.68 Å². The zero-order valence-corrected chi connectivity index (χ0v) is 10.4. The van der Waals surface area contributed by atoms with Gasteiger partial charge in [-0.05, 0) is 43.5 Å². The maximum absolute atomic E-state index is 9.02. The van der Waals surface area contributed by atoms with Gasteiger partial charge in [0.05, 0.1) is 23.1 Å². The average Bonchev–Trinajstić information content (AvgIpc) is 2.70. The molecular weight excluding hydrogens is 210 g/mol. The molecule has 1 aromatic heterocycles. The molecule has 0 atom stereocenters. The van der Waals surface area contributed by atoms with Crippen LogP contribution in [0.15, 0.2) is 24.4 Å². The van der Waals surface area contributed by atoms with Crippen molar-refractivity contribution in [3.63, 3.8) is 0 Å². The molecule has 17 heavy (non-hydrogen) atoms. The minimum atomic E-state index is 0.659. The van der Waals surface area contributed by atoms with E-state index in [1.165, 1.54) is 11.1 Å². The molecule has 1 heterocycles. The number of nitrogens with zero attached hydrogens (tertiary/aromatic N) is 3. The standard InChI is InChI=1S/C14H15N3/c1-4-14-12(8-15)9-16-17(14)13-6-10(2)5-11(3)7-13/h5-7,9H,4H2,1-3H3. The maximum Gasteiger partial charge on any atom is 0.103 e. The highest BCUT2D eigenvalue weighted by molar-refractivity contribution is 5.43. The van der Waals surface area contributed by atoms with Gasteiger partial charge >= 0.3 is 0 Å². The normalized spacial score (nSPS) is 10.2. The number of benzene rings is 1. The van der Waals surface area contributed by atoms with Crippen molar-refractivity contribution >= 4 is 0 Å². The Morgan fingerprint density at radius 2 is 1.88 bits per heavy atom. The van der Waals surface area contributed by atoms with Gasteiger partial charge in [0.15, 0.2) is 0 Å². The summed E-state index contributed by atoms with van der Waals surface area (Å²) in [4.78, 5) is 0. The Balaban J connectivity index is 2.61. The van der Waals surface area contributed by atoms with Crippen molar-refractivity contribution in [3.8, 4) is 11.8 Å². The lowest BCUT2D eigenvalue weighted by atomic mass is 10.1. The molecule has 0 saturated heterocycles. The molecule has 2 rings (SSSR count). The van der Waals surface area contributed by atoms with E-state index in [9.17, 15) is 0 Å². The van der Waals surface area contributed by atoms with Crippen LogP contribution in [0, 0.1) is 25.2 Å². The quantitative estimate of drug-likeness (QED) is 0.788. The van der Waals surface area contributed by atoms with Crippen molar-refractivity contribution in [2.75, 3.05) is 0 Å². The Morgan fingerprint density at radius 1 is 1.24 bits per heavy atom. The molecule has 0 spiro atoms. The van der Waals surface area contributed by atoms with Gasteiger partial charge in [0.25, 0.3) is 0 Å². The summed E-state index contributed by atoms with van der Waals surface area (Å²) in [6, 6.07) is 8.48. The topological polar surface area (TPSA) is 41.6 Å². The Labute approximate surface area is 101 Å². The first kappa shape index (κ1) is 11.4. The van der Waals surface area contributed by atoms with Crippen LogP contribution < -0.4 is 0 Å². The first-order chi connectivity index (χ1) is 8.15. The summed E-state index contributed by atoms with van der Waals surface area (Å²) in [5.74, 6) is 0. The second-order valence-corrected chi connectivity index (χ2v) is 4.23. The van der Waals surface area contributed by atoms with E-state index in [1.807, 2.05) is 11.6 Å². The van der Waals surface area contributed by atoms with Gasteiger partial charge < -0.3 is 0 Å². The summed E-state index contributed by atoms with van der Waals surface area (Å²) in [5.41, 5.74) is 5.07. The van der Waals surface area contributed by atoms with Gasteiger partial charge in [0.1, 0.15) is 6.07 Å². The summed E-state index contributed by atoms with van der Waals surface area (Å²) in [7, 11) is 0. The van der Waals surface area contributed by atoms with E-state index < -0.39 is 0 Å². The lowest BCUT2D eigenvalue weighted by molar-refractivity contribution is 0.811. The Kier molecular flexibility index (Phi) is 2.97. The molecule has 0 saturated carbocycles. The SMILES string of the molecule is CCc1c(C#N)cnn1-c1cc(C)cc(C)c1. The molecule has 3 heteroatoms. The lowest BCUT2D eigenvalue weighted by Gasteiger charge is -2.08. The number of aryl methyl sites for hydroxylation is 2. The maximum atomic E-state index is 9.02. The summed E-state index contributed by atoms with van der Waals surface area (Å²) in [6.45, 7) is 6.17. The Bertz CT molecular complexity index is 568. The molecule has 86 valence electrons. The molecule has 2 aromatic rings. The molecule has 0 fully saturated rings. The molecule has 3 nitrogen and oxygen atoms in total. The highest BCUT2D eigenvalue weighted by Crippen LogP contribution is 2.17. The van der Waals surface area contributed by atoms with E-state index in [0.717, 1.165) is 17.8 Å².